The zero-order valence-electron chi connectivity index (χ0n) is 9.48. The van der Waals surface area contributed by atoms with Gasteiger partial charge in [0, 0.05) is 11.4 Å². The quantitative estimate of drug-likeness (QED) is 0.692. The van der Waals surface area contributed by atoms with Gasteiger partial charge < -0.3 is 0 Å². The van der Waals surface area contributed by atoms with Crippen LogP contribution >= 0.6 is 0 Å². The standard InChI is InChI=1S/C13H9N5/c1-2-5-10-9(4-1)13-17-15-8-18(13)11-6-3-7-14-12(11)16-10/h1-7H,8H2. The summed E-state index contributed by atoms with van der Waals surface area (Å²) < 4.78 is 0. The van der Waals surface area contributed by atoms with E-state index >= 15 is 0 Å². The lowest BCUT2D eigenvalue weighted by molar-refractivity contribution is 1.02. The number of benzene rings is 1. The van der Waals surface area contributed by atoms with Crippen molar-refractivity contribution in [3.05, 3.63) is 53.2 Å². The molecule has 0 aliphatic carbocycles. The van der Waals surface area contributed by atoms with E-state index in [2.05, 4.69) is 20.2 Å². The molecular formula is C13H9N5. The van der Waals surface area contributed by atoms with Crippen molar-refractivity contribution in [2.24, 2.45) is 15.2 Å². The van der Waals surface area contributed by atoms with Gasteiger partial charge >= 0.3 is 0 Å². The van der Waals surface area contributed by atoms with E-state index in [1.165, 1.54) is 0 Å². The Morgan fingerprint density at radius 3 is 3.00 bits per heavy atom. The van der Waals surface area contributed by atoms with Crippen LogP contribution in [0.4, 0.5) is 11.5 Å². The van der Waals surface area contributed by atoms with Gasteiger partial charge in [-0.1, -0.05) is 12.1 Å². The molecule has 0 amide bonds. The van der Waals surface area contributed by atoms with E-state index in [0.29, 0.717) is 12.5 Å². The first-order valence-electron chi connectivity index (χ1n) is 5.71. The van der Waals surface area contributed by atoms with Crippen molar-refractivity contribution in [3.63, 3.8) is 0 Å². The summed E-state index contributed by atoms with van der Waals surface area (Å²) in [6.45, 7) is 0.526. The molecule has 3 heterocycles. The molecule has 2 aliphatic heterocycles. The molecule has 0 saturated carbocycles. The molecule has 2 aromatic rings. The van der Waals surface area contributed by atoms with Gasteiger partial charge in [0.25, 0.3) is 0 Å². The van der Waals surface area contributed by atoms with Crippen molar-refractivity contribution in [2.75, 3.05) is 11.6 Å². The molecule has 0 N–H and O–H groups in total. The summed E-state index contributed by atoms with van der Waals surface area (Å²) in [5.74, 6) is 1.56. The fraction of sp³-hybridized carbons (Fsp3) is 0.0769. The summed E-state index contributed by atoms with van der Waals surface area (Å²) in [4.78, 5) is 11.0. The molecule has 0 saturated heterocycles. The zero-order valence-corrected chi connectivity index (χ0v) is 9.48. The van der Waals surface area contributed by atoms with Gasteiger partial charge in [-0.25, -0.2) is 9.98 Å². The molecule has 0 bridgehead atoms. The van der Waals surface area contributed by atoms with Crippen LogP contribution in [0.3, 0.4) is 0 Å². The van der Waals surface area contributed by atoms with Gasteiger partial charge in [-0.15, -0.1) is 5.11 Å². The highest BCUT2D eigenvalue weighted by molar-refractivity contribution is 5.76. The number of rotatable bonds is 0. The second kappa shape index (κ2) is 3.46. The van der Waals surface area contributed by atoms with Crippen LogP contribution in [0.2, 0.25) is 0 Å². The maximum absolute atomic E-state index is 4.61. The summed E-state index contributed by atoms with van der Waals surface area (Å²) in [5.41, 5.74) is 0.953. The molecule has 0 unspecified atom stereocenters. The minimum Gasteiger partial charge on any atom is -0.299 e. The van der Waals surface area contributed by atoms with Crippen molar-refractivity contribution in [1.82, 2.24) is 4.98 Å². The molecule has 86 valence electrons. The first kappa shape index (κ1) is 9.47. The molecular weight excluding hydrogens is 226 g/mol. The predicted molar refractivity (Wildman–Crippen MR) is 66.7 cm³/mol. The largest absolute Gasteiger partial charge is 0.299 e. The van der Waals surface area contributed by atoms with E-state index in [-0.39, 0.29) is 0 Å². The Morgan fingerprint density at radius 1 is 1.06 bits per heavy atom. The number of aromatic nitrogens is 1. The van der Waals surface area contributed by atoms with Crippen LogP contribution in [0.5, 0.6) is 0 Å². The second-order valence-electron chi connectivity index (χ2n) is 4.11. The van der Waals surface area contributed by atoms with Crippen molar-refractivity contribution < 1.29 is 0 Å². The average molecular weight is 235 g/mol. The first-order chi connectivity index (χ1) is 8.93. The maximum atomic E-state index is 4.61. The number of hydrogen-bond donors (Lipinski definition) is 0. The number of para-hydroxylation sites is 1. The van der Waals surface area contributed by atoms with Crippen LogP contribution in [0, 0.1) is 0 Å². The normalized spacial score (nSPS) is 15.6. The highest BCUT2D eigenvalue weighted by Gasteiger charge is 2.22. The summed E-state index contributed by atoms with van der Waals surface area (Å²) in [5, 5.41) is 10.2. The van der Waals surface area contributed by atoms with E-state index < -0.39 is 0 Å². The molecule has 1 aromatic heterocycles. The van der Waals surface area contributed by atoms with Crippen LogP contribution in [0.15, 0.2) is 57.8 Å². The van der Waals surface area contributed by atoms with Gasteiger partial charge in [0.05, 0.1) is 11.0 Å². The summed E-state index contributed by atoms with van der Waals surface area (Å²) in [6.07, 6.45) is 1.75. The molecule has 2 aliphatic rings. The molecule has 1 aromatic carbocycles. The Hall–Kier alpha value is -2.56. The lowest BCUT2D eigenvalue weighted by atomic mass is 10.2. The smallest absolute Gasteiger partial charge is 0.176 e. The SMILES string of the molecule is c1cnc2c(c1)N1CN=NC1=c1ccccc1=N2. The molecule has 4 rings (SSSR count). The van der Waals surface area contributed by atoms with Crippen molar-refractivity contribution in [2.45, 2.75) is 0 Å². The molecule has 18 heavy (non-hydrogen) atoms. The van der Waals surface area contributed by atoms with E-state index in [1.807, 2.05) is 41.3 Å². The minimum atomic E-state index is 0.526. The van der Waals surface area contributed by atoms with Gasteiger partial charge in [0.1, 0.15) is 6.67 Å². The third kappa shape index (κ3) is 1.21. The van der Waals surface area contributed by atoms with Gasteiger partial charge in [-0.05, 0) is 24.3 Å². The fourth-order valence-corrected chi connectivity index (χ4v) is 2.23. The van der Waals surface area contributed by atoms with Crippen LogP contribution in [0.1, 0.15) is 0 Å². The Balaban J connectivity index is 2.19. The van der Waals surface area contributed by atoms with Crippen molar-refractivity contribution in [1.29, 1.82) is 0 Å². The number of hydrogen-bond acceptors (Lipinski definition) is 5. The van der Waals surface area contributed by atoms with Crippen molar-refractivity contribution in [3.8, 4) is 0 Å². The summed E-state index contributed by atoms with van der Waals surface area (Å²) in [7, 11) is 0. The Bertz CT molecular complexity index is 778. The van der Waals surface area contributed by atoms with Crippen LogP contribution in [0.25, 0.3) is 5.82 Å². The number of nitrogens with zero attached hydrogens (tertiary/aromatic N) is 5. The number of fused-ring (bicyclic) bond motifs is 4. The molecule has 0 atom stereocenters. The lowest BCUT2D eigenvalue weighted by Crippen LogP contribution is -2.30. The highest BCUT2D eigenvalue weighted by Crippen LogP contribution is 2.32. The average Bonchev–Trinajstić information content (AvgIpc) is 2.84. The number of azo groups is 1. The minimum absolute atomic E-state index is 0.526. The summed E-state index contributed by atoms with van der Waals surface area (Å²) in [6, 6.07) is 11.8. The van der Waals surface area contributed by atoms with Crippen LogP contribution in [-0.4, -0.2) is 11.7 Å². The zero-order chi connectivity index (χ0) is 11.9. The monoisotopic (exact) mass is 235 g/mol. The third-order valence-corrected chi connectivity index (χ3v) is 3.05. The van der Waals surface area contributed by atoms with E-state index in [1.54, 1.807) is 6.20 Å². The lowest BCUT2D eigenvalue weighted by Gasteiger charge is -2.16. The second-order valence-corrected chi connectivity index (χ2v) is 4.11. The van der Waals surface area contributed by atoms with E-state index in [4.69, 9.17) is 0 Å². The molecule has 5 heteroatoms. The Morgan fingerprint density at radius 2 is 2.00 bits per heavy atom. The van der Waals surface area contributed by atoms with Gasteiger partial charge in [-0.3, -0.25) is 4.90 Å². The highest BCUT2D eigenvalue weighted by atomic mass is 15.4. The number of anilines is 1. The Labute approximate surface area is 103 Å². The topological polar surface area (TPSA) is 53.2 Å². The first-order valence-corrected chi connectivity index (χ1v) is 5.71. The van der Waals surface area contributed by atoms with Crippen LogP contribution < -0.4 is 15.5 Å². The van der Waals surface area contributed by atoms with Gasteiger partial charge in [0.15, 0.2) is 11.6 Å². The molecule has 0 radical (unpaired) electrons. The summed E-state index contributed by atoms with van der Waals surface area (Å²) >= 11 is 0. The van der Waals surface area contributed by atoms with Crippen LogP contribution in [-0.2, 0) is 0 Å². The molecule has 5 nitrogen and oxygen atoms in total. The maximum Gasteiger partial charge on any atom is 0.176 e. The predicted octanol–water partition coefficient (Wildman–Crippen LogP) is 1.34. The van der Waals surface area contributed by atoms with Gasteiger partial charge in [-0.2, -0.15) is 5.11 Å². The fourth-order valence-electron chi connectivity index (χ4n) is 2.23. The third-order valence-electron chi connectivity index (χ3n) is 3.05. The van der Waals surface area contributed by atoms with Crippen molar-refractivity contribution >= 4 is 17.3 Å². The molecule has 0 fully saturated rings. The number of pyridine rings is 1. The molecule has 0 spiro atoms. The van der Waals surface area contributed by atoms with Gasteiger partial charge in [0.2, 0.25) is 0 Å². The Kier molecular flexibility index (Phi) is 1.82. The van der Waals surface area contributed by atoms with E-state index in [0.717, 1.165) is 22.1 Å². The van der Waals surface area contributed by atoms with E-state index in [9.17, 15) is 0 Å².